The molecule has 0 aliphatic carbocycles. The number of alkyl halides is 3. The predicted molar refractivity (Wildman–Crippen MR) is 126 cm³/mol. The Morgan fingerprint density at radius 3 is 2.15 bits per heavy atom. The van der Waals surface area contributed by atoms with Crippen LogP contribution >= 0.6 is 12.4 Å². The lowest BCUT2D eigenvalue weighted by molar-refractivity contribution is -0.138. The maximum absolute atomic E-state index is 13.4. The van der Waals surface area contributed by atoms with Gasteiger partial charge in [-0.15, -0.1) is 12.4 Å². The minimum atomic E-state index is -4.88. The van der Waals surface area contributed by atoms with Crippen molar-refractivity contribution >= 4 is 24.0 Å². The van der Waals surface area contributed by atoms with Crippen molar-refractivity contribution in [3.63, 3.8) is 0 Å². The normalized spacial score (nSPS) is 11.0. The van der Waals surface area contributed by atoms with Crippen molar-refractivity contribution in [3.8, 4) is 5.75 Å². The molecule has 0 saturated carbocycles. The molecule has 0 spiro atoms. The molecule has 3 aromatic rings. The summed E-state index contributed by atoms with van der Waals surface area (Å²) in [6.07, 6.45) is -4.88. The van der Waals surface area contributed by atoms with Gasteiger partial charge in [0.1, 0.15) is 18.2 Å². The van der Waals surface area contributed by atoms with E-state index in [4.69, 9.17) is 10.5 Å². The predicted octanol–water partition coefficient (Wildman–Crippen LogP) is 6.07. The Bertz CT molecular complexity index is 1110. The van der Waals surface area contributed by atoms with Crippen LogP contribution in [-0.4, -0.2) is 19.0 Å². The third-order valence-corrected chi connectivity index (χ3v) is 4.95. The third-order valence-electron chi connectivity index (χ3n) is 4.95. The van der Waals surface area contributed by atoms with Gasteiger partial charge < -0.3 is 15.4 Å². The van der Waals surface area contributed by atoms with Crippen molar-refractivity contribution in [2.45, 2.75) is 26.6 Å². The van der Waals surface area contributed by atoms with Crippen molar-refractivity contribution in [1.29, 1.82) is 0 Å². The van der Waals surface area contributed by atoms with Gasteiger partial charge in [-0.3, -0.25) is 4.79 Å². The van der Waals surface area contributed by atoms with Gasteiger partial charge in [0, 0.05) is 18.8 Å². The lowest BCUT2D eigenvalue weighted by Crippen LogP contribution is -2.36. The number of ether oxygens (including phenoxy) is 1. The van der Waals surface area contributed by atoms with Crippen LogP contribution in [0.1, 0.15) is 32.6 Å². The molecular formula is C25H25ClF4N2O2. The first-order valence-corrected chi connectivity index (χ1v) is 10.3. The van der Waals surface area contributed by atoms with Crippen LogP contribution in [0.3, 0.4) is 0 Å². The fourth-order valence-corrected chi connectivity index (χ4v) is 3.60. The number of amides is 1. The maximum Gasteiger partial charge on any atom is 0.417 e. The number of nitrogens with zero attached hydrogens (tertiary/aromatic N) is 1. The van der Waals surface area contributed by atoms with Crippen LogP contribution in [0.2, 0.25) is 0 Å². The summed E-state index contributed by atoms with van der Waals surface area (Å²) in [5, 5.41) is 0. The summed E-state index contributed by atoms with van der Waals surface area (Å²) in [4.78, 5) is 14.1. The number of hydrogen-bond acceptors (Lipinski definition) is 3. The first-order chi connectivity index (χ1) is 15.6. The van der Waals surface area contributed by atoms with E-state index < -0.39 is 29.0 Å². The quantitative estimate of drug-likeness (QED) is 0.404. The van der Waals surface area contributed by atoms with E-state index in [1.807, 2.05) is 26.0 Å². The van der Waals surface area contributed by atoms with Gasteiger partial charge in [0.2, 0.25) is 0 Å². The van der Waals surface area contributed by atoms with Gasteiger partial charge in [0.05, 0.1) is 11.1 Å². The molecule has 0 aliphatic heterocycles. The highest BCUT2D eigenvalue weighted by atomic mass is 35.5. The molecule has 3 rings (SSSR count). The van der Waals surface area contributed by atoms with Crippen LogP contribution < -0.4 is 15.4 Å². The van der Waals surface area contributed by atoms with Gasteiger partial charge in [-0.1, -0.05) is 29.3 Å². The smallest absolute Gasteiger partial charge is 0.417 e. The van der Waals surface area contributed by atoms with Gasteiger partial charge in [0.15, 0.2) is 0 Å². The lowest BCUT2D eigenvalue weighted by Gasteiger charge is -2.24. The molecule has 182 valence electrons. The highest BCUT2D eigenvalue weighted by Gasteiger charge is 2.37. The first kappa shape index (κ1) is 27.1. The molecule has 4 nitrogen and oxygen atoms in total. The Hall–Kier alpha value is -3.10. The van der Waals surface area contributed by atoms with Crippen LogP contribution in [0.25, 0.3) is 0 Å². The second-order valence-electron chi connectivity index (χ2n) is 7.71. The molecule has 0 aromatic heterocycles. The van der Waals surface area contributed by atoms with Crippen LogP contribution in [0.4, 0.5) is 23.2 Å². The average molecular weight is 497 g/mol. The second kappa shape index (κ2) is 11.4. The first-order valence-electron chi connectivity index (χ1n) is 10.3. The standard InChI is InChI=1S/C25H24F4N2O2.ClH/c1-16-11-17(2)13-18(12-16)15-33-21-6-4-20(5-7-21)31(10-9-30)24(32)22-8-3-19(26)14-23(22)25(27,28)29;/h3-8,11-14H,9-10,15,30H2,1-2H3;1H. The Morgan fingerprint density at radius 1 is 0.971 bits per heavy atom. The van der Waals surface area contributed by atoms with Crippen molar-refractivity contribution in [1.82, 2.24) is 0 Å². The molecule has 0 fully saturated rings. The summed E-state index contributed by atoms with van der Waals surface area (Å²) in [5.41, 5.74) is 7.22. The van der Waals surface area contributed by atoms with E-state index in [-0.39, 0.29) is 25.5 Å². The highest BCUT2D eigenvalue weighted by Crippen LogP contribution is 2.34. The molecule has 0 heterocycles. The van der Waals surface area contributed by atoms with E-state index in [1.165, 1.54) is 0 Å². The number of carbonyl (C=O) groups is 1. The van der Waals surface area contributed by atoms with Crippen molar-refractivity contribution in [2.75, 3.05) is 18.0 Å². The molecule has 2 N–H and O–H groups in total. The highest BCUT2D eigenvalue weighted by molar-refractivity contribution is 6.07. The van der Waals surface area contributed by atoms with Crippen LogP contribution in [-0.2, 0) is 12.8 Å². The zero-order chi connectivity index (χ0) is 24.2. The number of benzene rings is 3. The van der Waals surface area contributed by atoms with Gasteiger partial charge in [0.25, 0.3) is 5.91 Å². The van der Waals surface area contributed by atoms with Crippen molar-refractivity contribution in [2.24, 2.45) is 5.73 Å². The topological polar surface area (TPSA) is 55.6 Å². The zero-order valence-electron chi connectivity index (χ0n) is 18.7. The molecule has 0 radical (unpaired) electrons. The minimum Gasteiger partial charge on any atom is -0.489 e. The minimum absolute atomic E-state index is 0. The molecule has 9 heteroatoms. The SMILES string of the molecule is Cc1cc(C)cc(COc2ccc(N(CCN)C(=O)c3ccc(F)cc3C(F)(F)F)cc2)c1.Cl. The zero-order valence-corrected chi connectivity index (χ0v) is 19.5. The molecule has 0 atom stereocenters. The number of hydrogen-bond donors (Lipinski definition) is 1. The lowest BCUT2D eigenvalue weighted by atomic mass is 10.0. The molecule has 0 aliphatic rings. The molecule has 0 saturated heterocycles. The van der Waals surface area contributed by atoms with E-state index in [0.29, 0.717) is 24.1 Å². The number of anilines is 1. The van der Waals surface area contributed by atoms with Gasteiger partial charge in [-0.05, 0) is 61.9 Å². The average Bonchev–Trinajstić information content (AvgIpc) is 2.75. The summed E-state index contributed by atoms with van der Waals surface area (Å²) < 4.78 is 59.4. The fraction of sp³-hybridized carbons (Fsp3) is 0.240. The van der Waals surface area contributed by atoms with Crippen molar-refractivity contribution < 1.29 is 27.1 Å². The Balaban J connectivity index is 0.00000408. The van der Waals surface area contributed by atoms with E-state index in [1.54, 1.807) is 24.3 Å². The summed E-state index contributed by atoms with van der Waals surface area (Å²) >= 11 is 0. The number of nitrogens with two attached hydrogens (primary N) is 1. The van der Waals surface area contributed by atoms with E-state index in [2.05, 4.69) is 6.07 Å². The monoisotopic (exact) mass is 496 g/mol. The molecule has 1 amide bonds. The summed E-state index contributed by atoms with van der Waals surface area (Å²) in [6.45, 7) is 4.35. The largest absolute Gasteiger partial charge is 0.489 e. The Labute approximate surface area is 201 Å². The molecule has 0 bridgehead atoms. The second-order valence-corrected chi connectivity index (χ2v) is 7.71. The van der Waals surface area contributed by atoms with Gasteiger partial charge in [-0.25, -0.2) is 4.39 Å². The maximum atomic E-state index is 13.4. The van der Waals surface area contributed by atoms with Crippen molar-refractivity contribution in [3.05, 3.63) is 94.3 Å². The fourth-order valence-electron chi connectivity index (χ4n) is 3.60. The van der Waals surface area contributed by atoms with E-state index >= 15 is 0 Å². The summed E-state index contributed by atoms with van der Waals surface area (Å²) in [6, 6.07) is 14.5. The number of aryl methyl sites for hydroxylation is 2. The Kier molecular flexibility index (Phi) is 9.06. The molecule has 0 unspecified atom stereocenters. The number of rotatable bonds is 7. The third kappa shape index (κ3) is 6.71. The summed E-state index contributed by atoms with van der Waals surface area (Å²) in [5.74, 6) is -1.46. The Morgan fingerprint density at radius 2 is 1.59 bits per heavy atom. The van der Waals surface area contributed by atoms with Gasteiger partial charge in [-0.2, -0.15) is 13.2 Å². The van der Waals surface area contributed by atoms with E-state index in [9.17, 15) is 22.4 Å². The number of halogens is 5. The number of carbonyl (C=O) groups excluding carboxylic acids is 1. The van der Waals surface area contributed by atoms with Gasteiger partial charge >= 0.3 is 6.18 Å². The molecular weight excluding hydrogens is 472 g/mol. The molecule has 34 heavy (non-hydrogen) atoms. The van der Waals surface area contributed by atoms with Crippen LogP contribution in [0, 0.1) is 19.7 Å². The van der Waals surface area contributed by atoms with Crippen LogP contribution in [0.5, 0.6) is 5.75 Å². The summed E-state index contributed by atoms with van der Waals surface area (Å²) in [7, 11) is 0. The molecule has 3 aromatic carbocycles. The van der Waals surface area contributed by atoms with Crippen LogP contribution in [0.15, 0.2) is 60.7 Å². The van der Waals surface area contributed by atoms with E-state index in [0.717, 1.165) is 33.7 Å².